The Morgan fingerprint density at radius 2 is 1.57 bits per heavy atom. The largest absolute Gasteiger partial charge is 0.332 e. The molecule has 2 aromatic carbocycles. The summed E-state index contributed by atoms with van der Waals surface area (Å²) in [5, 5.41) is 1.25. The quantitative estimate of drug-likeness (QED) is 0.493. The van der Waals surface area contributed by atoms with Gasteiger partial charge in [0.1, 0.15) is 4.83 Å². The van der Waals surface area contributed by atoms with Crippen molar-refractivity contribution in [3.8, 4) is 0 Å². The van der Waals surface area contributed by atoms with Gasteiger partial charge in [0.2, 0.25) is 0 Å². The zero-order valence-corrected chi connectivity index (χ0v) is 17.2. The van der Waals surface area contributed by atoms with Gasteiger partial charge in [0.05, 0.1) is 18.5 Å². The number of aryl methyl sites for hydroxylation is 2. The van der Waals surface area contributed by atoms with Crippen LogP contribution in [0, 0.1) is 13.8 Å². The van der Waals surface area contributed by atoms with Crippen molar-refractivity contribution in [2.75, 3.05) is 0 Å². The van der Waals surface area contributed by atoms with Crippen LogP contribution in [0.2, 0.25) is 5.02 Å². The van der Waals surface area contributed by atoms with Crippen molar-refractivity contribution in [2.45, 2.75) is 26.9 Å². The molecule has 0 aliphatic carbocycles. The zero-order valence-electron chi connectivity index (χ0n) is 15.6. The van der Waals surface area contributed by atoms with Gasteiger partial charge in [-0.15, -0.1) is 11.3 Å². The Bertz CT molecular complexity index is 1290. The van der Waals surface area contributed by atoms with Crippen molar-refractivity contribution in [1.29, 1.82) is 0 Å². The standard InChI is InChI=1S/C22H19ClN2O2S/c1-14-15(2)28-21-19(14)20(26)24(12-16-7-4-3-5-8-16)22(27)25(21)13-17-9-6-10-18(23)11-17/h3-11H,12-13H2,1-2H3. The molecule has 0 bridgehead atoms. The van der Waals surface area contributed by atoms with E-state index in [1.54, 1.807) is 10.6 Å². The topological polar surface area (TPSA) is 44.0 Å². The average molecular weight is 411 g/mol. The van der Waals surface area contributed by atoms with E-state index in [0.29, 0.717) is 21.8 Å². The lowest BCUT2D eigenvalue weighted by molar-refractivity contribution is 0.637. The van der Waals surface area contributed by atoms with E-state index in [9.17, 15) is 9.59 Å². The predicted octanol–water partition coefficient (Wildman–Crippen LogP) is 4.59. The maximum absolute atomic E-state index is 13.3. The highest BCUT2D eigenvalue weighted by Gasteiger charge is 2.19. The second-order valence-electron chi connectivity index (χ2n) is 6.84. The van der Waals surface area contributed by atoms with E-state index in [2.05, 4.69) is 0 Å². The highest BCUT2D eigenvalue weighted by molar-refractivity contribution is 7.18. The Morgan fingerprint density at radius 1 is 0.893 bits per heavy atom. The fraction of sp³-hybridized carbons (Fsp3) is 0.182. The smallest absolute Gasteiger partial charge is 0.280 e. The monoisotopic (exact) mass is 410 g/mol. The number of nitrogens with zero attached hydrogens (tertiary/aromatic N) is 2. The third-order valence-electron chi connectivity index (χ3n) is 4.95. The van der Waals surface area contributed by atoms with E-state index in [1.807, 2.05) is 62.4 Å². The summed E-state index contributed by atoms with van der Waals surface area (Å²) in [6, 6.07) is 17.0. The number of fused-ring (bicyclic) bond motifs is 1. The van der Waals surface area contributed by atoms with Gasteiger partial charge in [-0.3, -0.25) is 13.9 Å². The van der Waals surface area contributed by atoms with Crippen LogP contribution in [-0.2, 0) is 13.1 Å². The summed E-state index contributed by atoms with van der Waals surface area (Å²) in [7, 11) is 0. The summed E-state index contributed by atoms with van der Waals surface area (Å²) >= 11 is 7.61. The van der Waals surface area contributed by atoms with Gasteiger partial charge >= 0.3 is 5.69 Å². The molecule has 0 atom stereocenters. The van der Waals surface area contributed by atoms with Crippen molar-refractivity contribution in [3.05, 3.63) is 102 Å². The average Bonchev–Trinajstić information content (AvgIpc) is 2.98. The van der Waals surface area contributed by atoms with Gasteiger partial charge in [0, 0.05) is 9.90 Å². The molecule has 6 heteroatoms. The van der Waals surface area contributed by atoms with E-state index in [-0.39, 0.29) is 17.8 Å². The first-order valence-corrected chi connectivity index (χ1v) is 10.2. The Balaban J connectivity index is 1.96. The summed E-state index contributed by atoms with van der Waals surface area (Å²) in [6.07, 6.45) is 0. The van der Waals surface area contributed by atoms with Gasteiger partial charge in [-0.25, -0.2) is 4.79 Å². The highest BCUT2D eigenvalue weighted by atomic mass is 35.5. The van der Waals surface area contributed by atoms with E-state index in [0.717, 1.165) is 21.6 Å². The molecule has 2 heterocycles. The van der Waals surface area contributed by atoms with Crippen LogP contribution in [0.1, 0.15) is 21.6 Å². The van der Waals surface area contributed by atoms with Crippen LogP contribution in [-0.4, -0.2) is 9.13 Å². The molecule has 4 rings (SSSR count). The van der Waals surface area contributed by atoms with Crippen molar-refractivity contribution >= 4 is 33.2 Å². The maximum Gasteiger partial charge on any atom is 0.332 e. The predicted molar refractivity (Wildman–Crippen MR) is 116 cm³/mol. The van der Waals surface area contributed by atoms with Crippen LogP contribution in [0.15, 0.2) is 64.2 Å². The minimum absolute atomic E-state index is 0.229. The summed E-state index contributed by atoms with van der Waals surface area (Å²) in [4.78, 5) is 28.3. The Hall–Kier alpha value is -2.63. The number of benzene rings is 2. The first kappa shape index (κ1) is 18.7. The second-order valence-corrected chi connectivity index (χ2v) is 8.48. The number of thiophene rings is 1. The Labute approximate surface area is 171 Å². The van der Waals surface area contributed by atoms with Crippen LogP contribution in [0.5, 0.6) is 0 Å². The van der Waals surface area contributed by atoms with Crippen molar-refractivity contribution in [2.24, 2.45) is 0 Å². The minimum Gasteiger partial charge on any atom is -0.280 e. The number of hydrogen-bond acceptors (Lipinski definition) is 3. The molecule has 0 aliphatic rings. The number of halogens is 1. The normalized spacial score (nSPS) is 11.2. The van der Waals surface area contributed by atoms with E-state index >= 15 is 0 Å². The van der Waals surface area contributed by atoms with Crippen LogP contribution in [0.3, 0.4) is 0 Å². The molecule has 28 heavy (non-hydrogen) atoms. The van der Waals surface area contributed by atoms with Gasteiger partial charge in [0.25, 0.3) is 5.56 Å². The number of hydrogen-bond donors (Lipinski definition) is 0. The lowest BCUT2D eigenvalue weighted by Gasteiger charge is -2.13. The third kappa shape index (κ3) is 3.32. The molecule has 0 amide bonds. The molecule has 0 spiro atoms. The van der Waals surface area contributed by atoms with Gasteiger partial charge < -0.3 is 0 Å². The first-order valence-electron chi connectivity index (χ1n) is 8.97. The second kappa shape index (κ2) is 7.41. The minimum atomic E-state index is -0.303. The Kier molecular flexibility index (Phi) is 4.96. The first-order chi connectivity index (χ1) is 13.5. The highest BCUT2D eigenvalue weighted by Crippen LogP contribution is 2.27. The molecule has 142 valence electrons. The molecular formula is C22H19ClN2O2S. The molecule has 4 aromatic rings. The summed E-state index contributed by atoms with van der Waals surface area (Å²) in [5.41, 5.74) is 2.24. The molecule has 0 unspecified atom stereocenters. The van der Waals surface area contributed by atoms with E-state index < -0.39 is 0 Å². The van der Waals surface area contributed by atoms with Gasteiger partial charge in [-0.05, 0) is 42.7 Å². The molecule has 0 aliphatic heterocycles. The molecule has 0 fully saturated rings. The van der Waals surface area contributed by atoms with Gasteiger partial charge in [-0.2, -0.15) is 0 Å². The fourth-order valence-electron chi connectivity index (χ4n) is 3.37. The molecule has 0 radical (unpaired) electrons. The molecular weight excluding hydrogens is 392 g/mol. The zero-order chi connectivity index (χ0) is 19.8. The summed E-state index contributed by atoms with van der Waals surface area (Å²) < 4.78 is 3.03. The fourth-order valence-corrected chi connectivity index (χ4v) is 4.72. The van der Waals surface area contributed by atoms with Crippen LogP contribution in [0.25, 0.3) is 10.2 Å². The molecule has 2 aromatic heterocycles. The van der Waals surface area contributed by atoms with Crippen LogP contribution >= 0.6 is 22.9 Å². The van der Waals surface area contributed by atoms with E-state index in [4.69, 9.17) is 11.6 Å². The van der Waals surface area contributed by atoms with Crippen molar-refractivity contribution in [3.63, 3.8) is 0 Å². The van der Waals surface area contributed by atoms with Crippen molar-refractivity contribution < 1.29 is 0 Å². The SMILES string of the molecule is Cc1sc2c(c1C)c(=O)n(Cc1ccccc1)c(=O)n2Cc1cccc(Cl)c1. The van der Waals surface area contributed by atoms with Gasteiger partial charge in [0.15, 0.2) is 0 Å². The van der Waals surface area contributed by atoms with Crippen LogP contribution < -0.4 is 11.2 Å². The Morgan fingerprint density at radius 3 is 2.29 bits per heavy atom. The van der Waals surface area contributed by atoms with Crippen molar-refractivity contribution in [1.82, 2.24) is 9.13 Å². The maximum atomic E-state index is 13.3. The summed E-state index contributed by atoms with van der Waals surface area (Å²) in [6.45, 7) is 4.54. The lowest BCUT2D eigenvalue weighted by Crippen LogP contribution is -2.40. The number of aromatic nitrogens is 2. The molecule has 0 saturated heterocycles. The molecule has 4 nitrogen and oxygen atoms in total. The van der Waals surface area contributed by atoms with E-state index in [1.165, 1.54) is 15.9 Å². The molecule has 0 saturated carbocycles. The lowest BCUT2D eigenvalue weighted by atomic mass is 10.2. The molecule has 0 N–H and O–H groups in total. The van der Waals surface area contributed by atoms with Gasteiger partial charge in [-0.1, -0.05) is 54.1 Å². The third-order valence-corrected chi connectivity index (χ3v) is 6.41. The van der Waals surface area contributed by atoms with Crippen LogP contribution in [0.4, 0.5) is 0 Å². The summed E-state index contributed by atoms with van der Waals surface area (Å²) in [5.74, 6) is 0. The number of rotatable bonds is 4.